The first-order valence-corrected chi connectivity index (χ1v) is 10.7. The van der Waals surface area contributed by atoms with Crippen LogP contribution in [-0.2, 0) is 16.6 Å². The number of rotatable bonds is 5. The van der Waals surface area contributed by atoms with E-state index in [1.807, 2.05) is 25.1 Å². The fraction of sp³-hybridized carbons (Fsp3) is 0.762. The number of likely N-dealkylation sites (tertiary alicyclic amines) is 1. The Morgan fingerprint density at radius 2 is 2.04 bits per heavy atom. The topological polar surface area (TPSA) is 76.5 Å². The monoisotopic (exact) mass is 388 g/mol. The number of piperidine rings is 1. The fourth-order valence-electron chi connectivity index (χ4n) is 4.71. The second-order valence-corrected chi connectivity index (χ2v) is 8.84. The average molecular weight is 389 g/mol. The molecule has 7 nitrogen and oxygen atoms in total. The van der Waals surface area contributed by atoms with Crippen molar-refractivity contribution < 1.29 is 14.3 Å². The lowest BCUT2D eigenvalue weighted by molar-refractivity contribution is -0.125. The van der Waals surface area contributed by atoms with Crippen molar-refractivity contribution in [2.24, 2.45) is 18.9 Å². The number of amides is 2. The summed E-state index contributed by atoms with van der Waals surface area (Å²) in [6.07, 6.45) is 8.84. The Morgan fingerprint density at radius 1 is 1.29 bits per heavy atom. The molecule has 0 aromatic carbocycles. The molecule has 1 spiro atoms. The summed E-state index contributed by atoms with van der Waals surface area (Å²) in [7, 11) is 1.85. The van der Waals surface area contributed by atoms with Gasteiger partial charge in [0.25, 0.3) is 5.91 Å². The number of carbonyl (C=O) groups is 2. The minimum Gasteiger partial charge on any atom is -0.375 e. The number of hydrogen-bond donors (Lipinski definition) is 1. The van der Waals surface area contributed by atoms with E-state index in [0.717, 1.165) is 76.9 Å². The first-order chi connectivity index (χ1) is 13.5. The largest absolute Gasteiger partial charge is 0.375 e. The molecule has 1 aliphatic carbocycles. The van der Waals surface area contributed by atoms with E-state index < -0.39 is 0 Å². The van der Waals surface area contributed by atoms with Crippen LogP contribution in [-0.4, -0.2) is 58.3 Å². The summed E-state index contributed by atoms with van der Waals surface area (Å²) in [6, 6.07) is 0. The summed E-state index contributed by atoms with van der Waals surface area (Å²) in [6.45, 7) is 4.92. The molecule has 3 aliphatic rings. The van der Waals surface area contributed by atoms with E-state index >= 15 is 0 Å². The summed E-state index contributed by atoms with van der Waals surface area (Å²) >= 11 is 0. The maximum Gasteiger partial charge on any atom is 0.257 e. The molecular weight excluding hydrogens is 356 g/mol. The predicted octanol–water partition coefficient (Wildman–Crippen LogP) is 2.05. The van der Waals surface area contributed by atoms with E-state index in [2.05, 4.69) is 10.4 Å². The van der Waals surface area contributed by atoms with Crippen LogP contribution in [0.3, 0.4) is 0 Å². The van der Waals surface area contributed by atoms with E-state index in [1.54, 1.807) is 4.68 Å². The van der Waals surface area contributed by atoms with Gasteiger partial charge in [0.2, 0.25) is 5.91 Å². The van der Waals surface area contributed by atoms with E-state index in [4.69, 9.17) is 4.74 Å². The Labute approximate surface area is 166 Å². The number of carbonyl (C=O) groups excluding carboxylic acids is 2. The lowest BCUT2D eigenvalue weighted by Gasteiger charge is -2.46. The van der Waals surface area contributed by atoms with Gasteiger partial charge in [-0.05, 0) is 57.8 Å². The van der Waals surface area contributed by atoms with E-state index in [-0.39, 0.29) is 23.3 Å². The summed E-state index contributed by atoms with van der Waals surface area (Å²) < 4.78 is 7.93. The third-order valence-corrected chi connectivity index (χ3v) is 6.60. The molecule has 28 heavy (non-hydrogen) atoms. The summed E-state index contributed by atoms with van der Waals surface area (Å²) in [4.78, 5) is 26.6. The summed E-state index contributed by atoms with van der Waals surface area (Å²) in [5.41, 5.74) is 1.40. The first kappa shape index (κ1) is 19.4. The van der Waals surface area contributed by atoms with Crippen molar-refractivity contribution in [1.29, 1.82) is 0 Å². The van der Waals surface area contributed by atoms with Crippen molar-refractivity contribution in [3.63, 3.8) is 0 Å². The lowest BCUT2D eigenvalue weighted by atomic mass is 9.78. The molecule has 3 heterocycles. The van der Waals surface area contributed by atoms with Crippen LogP contribution >= 0.6 is 0 Å². The number of aryl methyl sites for hydroxylation is 2. The predicted molar refractivity (Wildman–Crippen MR) is 105 cm³/mol. The van der Waals surface area contributed by atoms with Gasteiger partial charge in [-0.15, -0.1) is 0 Å². The van der Waals surface area contributed by atoms with Crippen molar-refractivity contribution in [3.05, 3.63) is 17.5 Å². The standard InChI is InChI=1S/C21H32N4O3/c1-15-18(14-24(2)23-15)20(27)25-10-7-21(8-11-25)13-16(6-12-28-21)5-9-22-19(26)17-3-4-17/h14,16-17H,3-13H2,1-2H3,(H,22,26). The van der Waals surface area contributed by atoms with Crippen LogP contribution < -0.4 is 5.32 Å². The molecular formula is C21H32N4O3. The molecule has 1 unspecified atom stereocenters. The molecule has 1 aromatic heterocycles. The molecule has 1 aromatic rings. The summed E-state index contributed by atoms with van der Waals surface area (Å²) in [5.74, 6) is 1.19. The molecule has 0 radical (unpaired) electrons. The zero-order chi connectivity index (χ0) is 19.7. The Bertz CT molecular complexity index is 732. The van der Waals surface area contributed by atoms with Crippen molar-refractivity contribution in [2.75, 3.05) is 26.2 Å². The first-order valence-electron chi connectivity index (χ1n) is 10.7. The molecule has 4 rings (SSSR count). The van der Waals surface area contributed by atoms with Gasteiger partial charge in [-0.1, -0.05) is 0 Å². The van der Waals surface area contributed by atoms with Crippen molar-refractivity contribution in [2.45, 2.75) is 57.5 Å². The van der Waals surface area contributed by atoms with Gasteiger partial charge in [-0.3, -0.25) is 14.3 Å². The van der Waals surface area contributed by atoms with Crippen LogP contribution in [0.15, 0.2) is 6.20 Å². The Morgan fingerprint density at radius 3 is 2.68 bits per heavy atom. The van der Waals surface area contributed by atoms with Crippen molar-refractivity contribution in [3.8, 4) is 0 Å². The van der Waals surface area contributed by atoms with E-state index in [9.17, 15) is 9.59 Å². The zero-order valence-corrected chi connectivity index (χ0v) is 17.1. The third-order valence-electron chi connectivity index (χ3n) is 6.60. The van der Waals surface area contributed by atoms with Crippen LogP contribution in [0.25, 0.3) is 0 Å². The number of nitrogens with one attached hydrogen (secondary N) is 1. The third kappa shape index (κ3) is 4.24. The van der Waals surface area contributed by atoms with Gasteiger partial charge in [-0.25, -0.2) is 0 Å². The second-order valence-electron chi connectivity index (χ2n) is 8.84. The average Bonchev–Trinajstić information content (AvgIpc) is 3.46. The van der Waals surface area contributed by atoms with Gasteiger partial charge in [0.1, 0.15) is 0 Å². The number of ether oxygens (including phenoxy) is 1. The van der Waals surface area contributed by atoms with Gasteiger partial charge in [0.15, 0.2) is 0 Å². The van der Waals surface area contributed by atoms with Gasteiger partial charge in [-0.2, -0.15) is 5.10 Å². The smallest absolute Gasteiger partial charge is 0.257 e. The van der Waals surface area contributed by atoms with Crippen LogP contribution in [0.5, 0.6) is 0 Å². The lowest BCUT2D eigenvalue weighted by Crippen LogP contribution is -2.51. The normalized spacial score (nSPS) is 24.4. The maximum atomic E-state index is 12.8. The minimum atomic E-state index is -0.0931. The molecule has 1 atom stereocenters. The Hall–Kier alpha value is -1.89. The van der Waals surface area contributed by atoms with E-state index in [0.29, 0.717) is 11.5 Å². The van der Waals surface area contributed by atoms with Gasteiger partial charge >= 0.3 is 0 Å². The Balaban J connectivity index is 1.27. The van der Waals surface area contributed by atoms with Gasteiger partial charge in [0.05, 0.1) is 16.9 Å². The van der Waals surface area contributed by atoms with Crippen LogP contribution in [0.1, 0.15) is 61.0 Å². The zero-order valence-electron chi connectivity index (χ0n) is 17.1. The highest BCUT2D eigenvalue weighted by atomic mass is 16.5. The number of nitrogens with zero attached hydrogens (tertiary/aromatic N) is 3. The molecule has 1 N–H and O–H groups in total. The van der Waals surface area contributed by atoms with Crippen molar-refractivity contribution >= 4 is 11.8 Å². The molecule has 0 bridgehead atoms. The minimum absolute atomic E-state index is 0.0793. The summed E-state index contributed by atoms with van der Waals surface area (Å²) in [5, 5.41) is 7.38. The molecule has 2 amide bonds. The number of aromatic nitrogens is 2. The molecule has 154 valence electrons. The van der Waals surface area contributed by atoms with Gasteiger partial charge in [0, 0.05) is 45.4 Å². The Kier molecular flexibility index (Phi) is 5.45. The molecule has 3 fully saturated rings. The molecule has 2 saturated heterocycles. The van der Waals surface area contributed by atoms with E-state index in [1.165, 1.54) is 0 Å². The second kappa shape index (κ2) is 7.85. The van der Waals surface area contributed by atoms with Crippen molar-refractivity contribution in [1.82, 2.24) is 20.0 Å². The molecule has 7 heteroatoms. The fourth-order valence-corrected chi connectivity index (χ4v) is 4.71. The highest BCUT2D eigenvalue weighted by molar-refractivity contribution is 5.95. The number of hydrogen-bond acceptors (Lipinski definition) is 4. The maximum absolute atomic E-state index is 12.8. The quantitative estimate of drug-likeness (QED) is 0.838. The highest BCUT2D eigenvalue weighted by Crippen LogP contribution is 2.39. The van der Waals surface area contributed by atoms with Crippen LogP contribution in [0.2, 0.25) is 0 Å². The SMILES string of the molecule is Cc1nn(C)cc1C(=O)N1CCC2(CC1)CC(CCNC(=O)C1CC1)CCO2. The molecule has 1 saturated carbocycles. The van der Waals surface area contributed by atoms with Crippen LogP contribution in [0.4, 0.5) is 0 Å². The van der Waals surface area contributed by atoms with Crippen LogP contribution in [0, 0.1) is 18.8 Å². The highest BCUT2D eigenvalue weighted by Gasteiger charge is 2.41. The molecule has 2 aliphatic heterocycles. The van der Waals surface area contributed by atoms with Gasteiger partial charge < -0.3 is 15.0 Å².